The maximum absolute atomic E-state index is 9.07. The van der Waals surface area contributed by atoms with Gasteiger partial charge in [-0.25, -0.2) is 0 Å². The van der Waals surface area contributed by atoms with Crippen LogP contribution in [0.3, 0.4) is 0 Å². The molecule has 62 valence electrons. The van der Waals surface area contributed by atoms with Gasteiger partial charge in [-0.3, -0.25) is 0 Å². The maximum atomic E-state index is 9.07. The molecule has 1 N–H and O–H groups in total. The zero-order chi connectivity index (χ0) is 8.53. The van der Waals surface area contributed by atoms with E-state index in [2.05, 4.69) is 18.4 Å². The van der Waals surface area contributed by atoms with Crippen LogP contribution in [-0.4, -0.2) is 24.4 Å². The Morgan fingerprint density at radius 2 is 2.45 bits per heavy atom. The highest BCUT2D eigenvalue weighted by Gasteiger charge is 1.95. The van der Waals surface area contributed by atoms with E-state index >= 15 is 0 Å². The number of aliphatic hydroxyl groups is 1. The minimum Gasteiger partial charge on any atom is -0.378 e. The molecule has 0 rings (SSSR count). The Morgan fingerprint density at radius 3 is 3.00 bits per heavy atom. The Morgan fingerprint density at radius 1 is 1.73 bits per heavy atom. The van der Waals surface area contributed by atoms with Crippen LogP contribution in [0.5, 0.6) is 0 Å². The fourth-order valence-electron chi connectivity index (χ4n) is 0.525. The fourth-order valence-corrected chi connectivity index (χ4v) is 0.525. The van der Waals surface area contributed by atoms with Gasteiger partial charge in [-0.1, -0.05) is 18.9 Å². The molecule has 0 heterocycles. The van der Waals surface area contributed by atoms with E-state index < -0.39 is 6.10 Å². The zero-order valence-corrected chi connectivity index (χ0v) is 6.84. The van der Waals surface area contributed by atoms with Crippen LogP contribution in [-0.2, 0) is 4.74 Å². The third-order valence-electron chi connectivity index (χ3n) is 0.957. The van der Waals surface area contributed by atoms with Crippen molar-refractivity contribution in [2.24, 2.45) is 0 Å². The molecule has 0 aromatic carbocycles. The van der Waals surface area contributed by atoms with Crippen LogP contribution >= 0.6 is 0 Å². The molecule has 0 bridgehead atoms. The summed E-state index contributed by atoms with van der Waals surface area (Å²) in [4.78, 5) is 0. The average Bonchev–Trinajstić information content (AvgIpc) is 2.01. The van der Waals surface area contributed by atoms with E-state index in [1.54, 1.807) is 6.08 Å². The van der Waals surface area contributed by atoms with Crippen LogP contribution in [0.2, 0.25) is 0 Å². The molecule has 0 aliphatic carbocycles. The molecule has 0 spiro atoms. The van der Waals surface area contributed by atoms with Crippen molar-refractivity contribution in [3.05, 3.63) is 12.7 Å². The van der Waals surface area contributed by atoms with Gasteiger partial charge in [-0.2, -0.15) is 0 Å². The maximum Gasteiger partial charge on any atom is 0.137 e. The molecule has 0 aliphatic heterocycles. The first-order chi connectivity index (χ1) is 5.31. The molecule has 0 saturated carbocycles. The van der Waals surface area contributed by atoms with E-state index in [-0.39, 0.29) is 6.61 Å². The third-order valence-corrected chi connectivity index (χ3v) is 0.957. The summed E-state index contributed by atoms with van der Waals surface area (Å²) in [5, 5.41) is 9.07. The van der Waals surface area contributed by atoms with E-state index in [1.807, 2.05) is 6.92 Å². The molecular formula is C9H14O2. The summed E-state index contributed by atoms with van der Waals surface area (Å²) in [7, 11) is 0. The molecule has 1 atom stereocenters. The van der Waals surface area contributed by atoms with Gasteiger partial charge in [-0.05, 0) is 0 Å². The average molecular weight is 154 g/mol. The van der Waals surface area contributed by atoms with Gasteiger partial charge < -0.3 is 9.84 Å². The Hall–Kier alpha value is -0.780. The first kappa shape index (κ1) is 10.2. The van der Waals surface area contributed by atoms with E-state index in [9.17, 15) is 0 Å². The quantitative estimate of drug-likeness (QED) is 0.371. The molecule has 0 aliphatic rings. The summed E-state index contributed by atoms with van der Waals surface area (Å²) in [5.41, 5.74) is 0. The van der Waals surface area contributed by atoms with Gasteiger partial charge in [0.15, 0.2) is 0 Å². The highest BCUT2D eigenvalue weighted by atomic mass is 16.5. The van der Waals surface area contributed by atoms with Crippen LogP contribution < -0.4 is 0 Å². The normalized spacial score (nSPS) is 11.5. The molecule has 2 nitrogen and oxygen atoms in total. The molecule has 0 unspecified atom stereocenters. The molecule has 0 aromatic rings. The molecule has 0 radical (unpaired) electrons. The second kappa shape index (κ2) is 7.33. The molecule has 0 amide bonds. The lowest BCUT2D eigenvalue weighted by Crippen LogP contribution is -2.12. The largest absolute Gasteiger partial charge is 0.378 e. The molecular weight excluding hydrogens is 140 g/mol. The minimum atomic E-state index is -0.658. The van der Waals surface area contributed by atoms with Gasteiger partial charge in [0.25, 0.3) is 0 Å². The molecule has 2 heteroatoms. The van der Waals surface area contributed by atoms with Crippen LogP contribution in [0, 0.1) is 11.8 Å². The summed E-state index contributed by atoms with van der Waals surface area (Å²) in [6, 6.07) is 0. The van der Waals surface area contributed by atoms with Crippen molar-refractivity contribution in [3.63, 3.8) is 0 Å². The van der Waals surface area contributed by atoms with Crippen LogP contribution in [0.25, 0.3) is 0 Å². The van der Waals surface area contributed by atoms with E-state index in [1.165, 1.54) is 0 Å². The first-order valence-corrected chi connectivity index (χ1v) is 3.66. The van der Waals surface area contributed by atoms with Gasteiger partial charge in [0.1, 0.15) is 6.10 Å². The Balaban J connectivity index is 3.36. The van der Waals surface area contributed by atoms with E-state index in [0.29, 0.717) is 6.61 Å². The first-order valence-electron chi connectivity index (χ1n) is 3.66. The lowest BCUT2D eigenvalue weighted by Gasteiger charge is -2.01. The highest BCUT2D eigenvalue weighted by molar-refractivity contribution is 5.03. The summed E-state index contributed by atoms with van der Waals surface area (Å²) in [6.07, 6.45) is 1.74. The Bertz CT molecular complexity index is 153. The van der Waals surface area contributed by atoms with Crippen molar-refractivity contribution < 1.29 is 9.84 Å². The van der Waals surface area contributed by atoms with Crippen molar-refractivity contribution in [2.45, 2.75) is 19.4 Å². The minimum absolute atomic E-state index is 0.263. The second-order valence-corrected chi connectivity index (χ2v) is 2.02. The molecule has 11 heavy (non-hydrogen) atoms. The lowest BCUT2D eigenvalue weighted by atomic mass is 10.3. The monoisotopic (exact) mass is 154 g/mol. The smallest absolute Gasteiger partial charge is 0.137 e. The second-order valence-electron chi connectivity index (χ2n) is 2.02. The van der Waals surface area contributed by atoms with Crippen molar-refractivity contribution in [1.82, 2.24) is 0 Å². The molecule has 0 fully saturated rings. The van der Waals surface area contributed by atoms with Crippen molar-refractivity contribution in [1.29, 1.82) is 0 Å². The number of hydrogen-bond donors (Lipinski definition) is 1. The Kier molecular flexibility index (Phi) is 6.81. The summed E-state index contributed by atoms with van der Waals surface area (Å²) < 4.78 is 4.97. The highest BCUT2D eigenvalue weighted by Crippen LogP contribution is 1.83. The Labute approximate surface area is 67.9 Å². The summed E-state index contributed by atoms with van der Waals surface area (Å²) in [6.45, 7) is 6.14. The van der Waals surface area contributed by atoms with Gasteiger partial charge in [0.2, 0.25) is 0 Å². The van der Waals surface area contributed by atoms with Crippen molar-refractivity contribution in [2.75, 3.05) is 13.2 Å². The third kappa shape index (κ3) is 7.11. The summed E-state index contributed by atoms with van der Waals surface area (Å²) >= 11 is 0. The van der Waals surface area contributed by atoms with Gasteiger partial charge in [0, 0.05) is 6.42 Å². The predicted molar refractivity (Wildman–Crippen MR) is 45.1 cm³/mol. The number of ether oxygens (including phenoxy) is 1. The number of aliphatic hydroxyl groups excluding tert-OH is 1. The fraction of sp³-hybridized carbons (Fsp3) is 0.556. The predicted octanol–water partition coefficient (Wildman–Crippen LogP) is 0.963. The van der Waals surface area contributed by atoms with Gasteiger partial charge in [-0.15, -0.1) is 12.5 Å². The van der Waals surface area contributed by atoms with E-state index in [4.69, 9.17) is 9.84 Å². The number of rotatable bonds is 4. The van der Waals surface area contributed by atoms with Crippen molar-refractivity contribution >= 4 is 0 Å². The standard InChI is InChI=1S/C9H14O2/c1-3-5-6-9(10)8-11-7-4-2/h4,9-10H,2-3,7-8H2,1H3/t9-/m1/s1. The summed E-state index contributed by atoms with van der Waals surface area (Å²) in [5.74, 6) is 5.41. The molecule has 0 saturated heterocycles. The lowest BCUT2D eigenvalue weighted by molar-refractivity contribution is 0.0796. The SMILES string of the molecule is C=CCOC[C@H](O)C#CCC. The topological polar surface area (TPSA) is 29.5 Å². The van der Waals surface area contributed by atoms with Crippen LogP contribution in [0.1, 0.15) is 13.3 Å². The van der Waals surface area contributed by atoms with Gasteiger partial charge >= 0.3 is 0 Å². The number of hydrogen-bond acceptors (Lipinski definition) is 2. The van der Waals surface area contributed by atoms with E-state index in [0.717, 1.165) is 6.42 Å². The van der Waals surface area contributed by atoms with Crippen LogP contribution in [0.4, 0.5) is 0 Å². The zero-order valence-electron chi connectivity index (χ0n) is 6.84. The van der Waals surface area contributed by atoms with Crippen molar-refractivity contribution in [3.8, 4) is 11.8 Å². The van der Waals surface area contributed by atoms with Crippen LogP contribution in [0.15, 0.2) is 12.7 Å². The molecule has 0 aromatic heterocycles. The van der Waals surface area contributed by atoms with Gasteiger partial charge in [0.05, 0.1) is 13.2 Å².